The number of carbonyl (C=O) groups is 2. The van der Waals surface area contributed by atoms with Crippen LogP contribution < -0.4 is 4.74 Å². The summed E-state index contributed by atoms with van der Waals surface area (Å²) in [6, 6.07) is 5.43. The molecule has 0 aliphatic rings. The van der Waals surface area contributed by atoms with Gasteiger partial charge in [0.25, 0.3) is 0 Å². The van der Waals surface area contributed by atoms with Crippen molar-refractivity contribution in [2.24, 2.45) is 0 Å². The van der Waals surface area contributed by atoms with Crippen LogP contribution in [0.2, 0.25) is 0 Å². The molecule has 1 unspecified atom stereocenters. The fraction of sp³-hybridized carbons (Fsp3) is 0.579. The van der Waals surface area contributed by atoms with Crippen molar-refractivity contribution in [3.8, 4) is 5.75 Å². The Hall–Kier alpha value is -2.04. The van der Waals surface area contributed by atoms with Gasteiger partial charge in [0, 0.05) is 0 Å². The number of esters is 1. The molecule has 0 saturated carbocycles. The van der Waals surface area contributed by atoms with Crippen LogP contribution in [0.1, 0.15) is 65.0 Å². The SMILES string of the molecule is Cc1cc(OC(C)(C)C(=O)OC(C)(C)C)ccc1C(C)CC(=O)O. The zero-order valence-electron chi connectivity index (χ0n) is 15.6. The fourth-order valence-corrected chi connectivity index (χ4v) is 2.37. The number of rotatable bonds is 6. The highest BCUT2D eigenvalue weighted by molar-refractivity contribution is 5.79. The fourth-order valence-electron chi connectivity index (χ4n) is 2.37. The molecule has 5 heteroatoms. The normalized spacial score (nSPS) is 13.3. The first-order valence-corrected chi connectivity index (χ1v) is 8.06. The van der Waals surface area contributed by atoms with Gasteiger partial charge < -0.3 is 14.6 Å². The van der Waals surface area contributed by atoms with E-state index >= 15 is 0 Å². The maximum Gasteiger partial charge on any atom is 0.350 e. The molecule has 0 amide bonds. The highest BCUT2D eigenvalue weighted by Gasteiger charge is 2.34. The quantitative estimate of drug-likeness (QED) is 0.793. The first-order valence-electron chi connectivity index (χ1n) is 8.06. The minimum Gasteiger partial charge on any atom is -0.481 e. The Morgan fingerprint density at radius 1 is 1.17 bits per heavy atom. The van der Waals surface area contributed by atoms with E-state index in [1.807, 2.05) is 46.8 Å². The molecule has 0 radical (unpaired) electrons. The van der Waals surface area contributed by atoms with Gasteiger partial charge in [0.05, 0.1) is 6.42 Å². The lowest BCUT2D eigenvalue weighted by Gasteiger charge is -2.29. The number of carbonyl (C=O) groups excluding carboxylic acids is 1. The highest BCUT2D eigenvalue weighted by Crippen LogP contribution is 2.28. The first kappa shape index (κ1) is 20.0. The molecule has 1 aromatic carbocycles. The summed E-state index contributed by atoms with van der Waals surface area (Å²) in [6.45, 7) is 12.5. The van der Waals surface area contributed by atoms with E-state index in [0.29, 0.717) is 5.75 Å². The summed E-state index contributed by atoms with van der Waals surface area (Å²) >= 11 is 0. The van der Waals surface area contributed by atoms with Gasteiger partial charge >= 0.3 is 11.9 Å². The van der Waals surface area contributed by atoms with E-state index < -0.39 is 23.1 Å². The average Bonchev–Trinajstić information content (AvgIpc) is 2.34. The number of aliphatic carboxylic acids is 1. The van der Waals surface area contributed by atoms with E-state index in [1.165, 1.54) is 0 Å². The molecule has 0 aliphatic heterocycles. The van der Waals surface area contributed by atoms with Gasteiger partial charge in [0.2, 0.25) is 0 Å². The third-order valence-electron chi connectivity index (χ3n) is 3.52. The predicted octanol–water partition coefficient (Wildman–Crippen LogP) is 4.07. The van der Waals surface area contributed by atoms with E-state index in [0.717, 1.165) is 11.1 Å². The molecular formula is C19H28O5. The Bertz CT molecular complexity index is 611. The number of ether oxygens (including phenoxy) is 2. The zero-order chi connectivity index (χ0) is 18.7. The number of aryl methyl sites for hydroxylation is 1. The van der Waals surface area contributed by atoms with Gasteiger partial charge in [-0.25, -0.2) is 4.79 Å². The van der Waals surface area contributed by atoms with Crippen LogP contribution in [0, 0.1) is 6.92 Å². The van der Waals surface area contributed by atoms with E-state index in [2.05, 4.69) is 0 Å². The van der Waals surface area contributed by atoms with Crippen molar-refractivity contribution in [3.05, 3.63) is 29.3 Å². The van der Waals surface area contributed by atoms with Crippen LogP contribution in [0.5, 0.6) is 5.75 Å². The summed E-state index contributed by atoms with van der Waals surface area (Å²) in [6.07, 6.45) is 0.0739. The zero-order valence-corrected chi connectivity index (χ0v) is 15.6. The van der Waals surface area contributed by atoms with Crippen molar-refractivity contribution >= 4 is 11.9 Å². The summed E-state index contributed by atoms with van der Waals surface area (Å²) in [5.41, 5.74) is 0.193. The Labute approximate surface area is 144 Å². The van der Waals surface area contributed by atoms with Crippen molar-refractivity contribution in [2.75, 3.05) is 0 Å². The van der Waals surface area contributed by atoms with Crippen LogP contribution in [0.25, 0.3) is 0 Å². The van der Waals surface area contributed by atoms with Crippen LogP contribution in [0.3, 0.4) is 0 Å². The molecular weight excluding hydrogens is 308 g/mol. The molecule has 134 valence electrons. The second-order valence-corrected chi connectivity index (χ2v) is 7.63. The number of hydrogen-bond acceptors (Lipinski definition) is 4. The lowest BCUT2D eigenvalue weighted by atomic mass is 9.93. The van der Waals surface area contributed by atoms with E-state index in [-0.39, 0.29) is 12.3 Å². The van der Waals surface area contributed by atoms with Crippen LogP contribution in [-0.4, -0.2) is 28.2 Å². The number of carboxylic acids is 1. The standard InChI is InChI=1S/C19H28O5/c1-12-10-14(8-9-15(12)13(2)11-16(20)21)23-19(6,7)17(22)24-18(3,4)5/h8-10,13H,11H2,1-7H3,(H,20,21). The van der Waals surface area contributed by atoms with Crippen molar-refractivity contribution in [1.29, 1.82) is 0 Å². The van der Waals surface area contributed by atoms with Crippen LogP contribution >= 0.6 is 0 Å². The van der Waals surface area contributed by atoms with Crippen LogP contribution in [0.15, 0.2) is 18.2 Å². The third kappa shape index (κ3) is 5.87. The molecule has 0 aromatic heterocycles. The van der Waals surface area contributed by atoms with E-state index in [4.69, 9.17) is 14.6 Å². The third-order valence-corrected chi connectivity index (χ3v) is 3.52. The van der Waals surface area contributed by atoms with Crippen molar-refractivity contribution < 1.29 is 24.2 Å². The van der Waals surface area contributed by atoms with Gasteiger partial charge in [-0.2, -0.15) is 0 Å². The van der Waals surface area contributed by atoms with Gasteiger partial charge in [-0.3, -0.25) is 4.79 Å². The number of benzene rings is 1. The Morgan fingerprint density at radius 2 is 1.75 bits per heavy atom. The summed E-state index contributed by atoms with van der Waals surface area (Å²) in [7, 11) is 0. The van der Waals surface area contributed by atoms with Gasteiger partial charge in [-0.15, -0.1) is 0 Å². The lowest BCUT2D eigenvalue weighted by molar-refractivity contribution is -0.170. The molecule has 0 fully saturated rings. The minimum atomic E-state index is -1.12. The van der Waals surface area contributed by atoms with Gasteiger partial charge in [0.15, 0.2) is 5.60 Å². The second-order valence-electron chi connectivity index (χ2n) is 7.63. The van der Waals surface area contributed by atoms with Crippen molar-refractivity contribution in [1.82, 2.24) is 0 Å². The van der Waals surface area contributed by atoms with Gasteiger partial charge in [-0.05, 0) is 70.7 Å². The highest BCUT2D eigenvalue weighted by atomic mass is 16.6. The molecule has 0 spiro atoms. The molecule has 1 aromatic rings. The minimum absolute atomic E-state index is 0.0739. The maximum atomic E-state index is 12.3. The van der Waals surface area contributed by atoms with Crippen molar-refractivity contribution in [3.63, 3.8) is 0 Å². The predicted molar refractivity (Wildman–Crippen MR) is 92.4 cm³/mol. The first-order chi connectivity index (χ1) is 10.8. The molecule has 0 saturated heterocycles. The molecule has 0 aliphatic carbocycles. The van der Waals surface area contributed by atoms with Gasteiger partial charge in [-0.1, -0.05) is 13.0 Å². The lowest BCUT2D eigenvalue weighted by Crippen LogP contribution is -2.43. The van der Waals surface area contributed by atoms with Crippen LogP contribution in [-0.2, 0) is 14.3 Å². The molecule has 1 atom stereocenters. The number of hydrogen-bond donors (Lipinski definition) is 1. The summed E-state index contributed by atoms with van der Waals surface area (Å²) in [4.78, 5) is 23.1. The summed E-state index contributed by atoms with van der Waals surface area (Å²) in [5, 5.41) is 8.92. The van der Waals surface area contributed by atoms with Crippen LogP contribution in [0.4, 0.5) is 0 Å². The van der Waals surface area contributed by atoms with E-state index in [9.17, 15) is 9.59 Å². The molecule has 1 rings (SSSR count). The van der Waals surface area contributed by atoms with Gasteiger partial charge in [0.1, 0.15) is 11.4 Å². The smallest absolute Gasteiger partial charge is 0.350 e. The topological polar surface area (TPSA) is 72.8 Å². The molecule has 5 nitrogen and oxygen atoms in total. The summed E-state index contributed by atoms with van der Waals surface area (Å²) < 4.78 is 11.2. The molecule has 24 heavy (non-hydrogen) atoms. The summed E-state index contributed by atoms with van der Waals surface area (Å²) in [5.74, 6) is -0.797. The molecule has 0 heterocycles. The van der Waals surface area contributed by atoms with E-state index in [1.54, 1.807) is 19.9 Å². The Balaban J connectivity index is 2.91. The Morgan fingerprint density at radius 3 is 2.21 bits per heavy atom. The van der Waals surface area contributed by atoms with Crippen molar-refractivity contribution in [2.45, 2.75) is 72.0 Å². The Kier molecular flexibility index (Phi) is 6.04. The molecule has 0 bridgehead atoms. The second kappa shape index (κ2) is 7.24. The largest absolute Gasteiger partial charge is 0.481 e. The molecule has 1 N–H and O–H groups in total. The maximum absolute atomic E-state index is 12.3. The number of carboxylic acid groups (broad SMARTS) is 1. The monoisotopic (exact) mass is 336 g/mol. The average molecular weight is 336 g/mol.